The average molecular weight is 342 g/mol. The van der Waals surface area contributed by atoms with E-state index < -0.39 is 0 Å². The highest BCUT2D eigenvalue weighted by Gasteiger charge is 2.16. The number of amides is 1. The van der Waals surface area contributed by atoms with Crippen LogP contribution in [0.4, 0.5) is 10.1 Å². The van der Waals surface area contributed by atoms with Crippen molar-refractivity contribution in [2.24, 2.45) is 0 Å². The molecular formula is C20H23FN2O2. The molecule has 0 atom stereocenters. The number of rotatable bonds is 5. The van der Waals surface area contributed by atoms with Crippen LogP contribution in [-0.2, 0) is 6.42 Å². The standard InChI is InChI=1S/C20H23FN2O2/c21-17-5-2-6-18(14-17)22-20(25)16-4-1-3-15(13-16)7-10-23-11-8-19(24)9-12-23/h1-6,13-14,19,24H,7-12H2,(H,22,25). The Morgan fingerprint density at radius 3 is 2.68 bits per heavy atom. The molecule has 4 nitrogen and oxygen atoms in total. The van der Waals surface area contributed by atoms with Gasteiger partial charge in [0.2, 0.25) is 0 Å². The fourth-order valence-corrected chi connectivity index (χ4v) is 3.07. The minimum Gasteiger partial charge on any atom is -0.393 e. The van der Waals surface area contributed by atoms with E-state index >= 15 is 0 Å². The zero-order valence-electron chi connectivity index (χ0n) is 14.1. The summed E-state index contributed by atoms with van der Waals surface area (Å²) >= 11 is 0. The molecule has 25 heavy (non-hydrogen) atoms. The summed E-state index contributed by atoms with van der Waals surface area (Å²) < 4.78 is 13.2. The van der Waals surface area contributed by atoms with Gasteiger partial charge in [-0.1, -0.05) is 18.2 Å². The van der Waals surface area contributed by atoms with E-state index in [4.69, 9.17) is 0 Å². The molecule has 2 aromatic rings. The van der Waals surface area contributed by atoms with Crippen LogP contribution in [0.5, 0.6) is 0 Å². The van der Waals surface area contributed by atoms with Crippen LogP contribution in [0.1, 0.15) is 28.8 Å². The van der Waals surface area contributed by atoms with Crippen molar-refractivity contribution in [2.45, 2.75) is 25.4 Å². The predicted molar refractivity (Wildman–Crippen MR) is 96.2 cm³/mol. The van der Waals surface area contributed by atoms with E-state index in [2.05, 4.69) is 10.2 Å². The Bertz CT molecular complexity index is 727. The Hall–Kier alpha value is -2.24. The van der Waals surface area contributed by atoms with Gasteiger partial charge in [-0.3, -0.25) is 4.79 Å². The Morgan fingerprint density at radius 1 is 1.16 bits per heavy atom. The molecule has 3 rings (SSSR count). The van der Waals surface area contributed by atoms with Gasteiger partial charge < -0.3 is 15.3 Å². The number of nitrogens with zero attached hydrogens (tertiary/aromatic N) is 1. The highest BCUT2D eigenvalue weighted by Crippen LogP contribution is 2.14. The van der Waals surface area contributed by atoms with Crippen LogP contribution in [0.3, 0.4) is 0 Å². The van der Waals surface area contributed by atoms with Gasteiger partial charge in [-0.25, -0.2) is 4.39 Å². The topological polar surface area (TPSA) is 52.6 Å². The summed E-state index contributed by atoms with van der Waals surface area (Å²) in [7, 11) is 0. The number of halogens is 1. The lowest BCUT2D eigenvalue weighted by atomic mass is 10.0. The molecule has 132 valence electrons. The maximum absolute atomic E-state index is 13.2. The Labute approximate surface area is 147 Å². The number of benzene rings is 2. The third-order valence-corrected chi connectivity index (χ3v) is 4.55. The lowest BCUT2D eigenvalue weighted by Gasteiger charge is -2.29. The molecule has 0 saturated carbocycles. The third kappa shape index (κ3) is 5.11. The minimum atomic E-state index is -0.377. The molecule has 1 heterocycles. The Morgan fingerprint density at radius 2 is 1.92 bits per heavy atom. The smallest absolute Gasteiger partial charge is 0.255 e. The summed E-state index contributed by atoms with van der Waals surface area (Å²) in [5.74, 6) is -0.619. The lowest BCUT2D eigenvalue weighted by molar-refractivity contribution is 0.0831. The number of nitrogens with one attached hydrogen (secondary N) is 1. The molecule has 1 fully saturated rings. The number of anilines is 1. The van der Waals surface area contributed by atoms with Gasteiger partial charge in [0.25, 0.3) is 5.91 Å². The molecule has 1 aliphatic heterocycles. The first-order valence-electron chi connectivity index (χ1n) is 8.66. The largest absolute Gasteiger partial charge is 0.393 e. The fraction of sp³-hybridized carbons (Fsp3) is 0.350. The van der Waals surface area contributed by atoms with Gasteiger partial charge in [-0.05, 0) is 55.2 Å². The second-order valence-electron chi connectivity index (χ2n) is 6.49. The van der Waals surface area contributed by atoms with Crippen molar-refractivity contribution in [2.75, 3.05) is 25.0 Å². The van der Waals surface area contributed by atoms with Gasteiger partial charge in [-0.15, -0.1) is 0 Å². The quantitative estimate of drug-likeness (QED) is 0.878. The highest BCUT2D eigenvalue weighted by molar-refractivity contribution is 6.04. The van der Waals surface area contributed by atoms with Crippen molar-refractivity contribution in [3.05, 3.63) is 65.5 Å². The average Bonchev–Trinajstić information content (AvgIpc) is 2.61. The summed E-state index contributed by atoms with van der Waals surface area (Å²) in [6, 6.07) is 13.4. The number of hydrogen-bond donors (Lipinski definition) is 2. The molecule has 0 aromatic heterocycles. The predicted octanol–water partition coefficient (Wildman–Crippen LogP) is 3.08. The molecule has 0 bridgehead atoms. The van der Waals surface area contributed by atoms with Gasteiger partial charge in [0.1, 0.15) is 5.82 Å². The normalized spacial score (nSPS) is 15.9. The maximum Gasteiger partial charge on any atom is 0.255 e. The number of aliphatic hydroxyl groups excluding tert-OH is 1. The van der Waals surface area contributed by atoms with E-state index in [1.807, 2.05) is 18.2 Å². The second-order valence-corrected chi connectivity index (χ2v) is 6.49. The zero-order valence-corrected chi connectivity index (χ0v) is 14.1. The molecule has 2 N–H and O–H groups in total. The van der Waals surface area contributed by atoms with Crippen LogP contribution >= 0.6 is 0 Å². The van der Waals surface area contributed by atoms with Crippen molar-refractivity contribution < 1.29 is 14.3 Å². The number of carbonyl (C=O) groups excluding carboxylic acids is 1. The molecule has 1 amide bonds. The van der Waals surface area contributed by atoms with Gasteiger partial charge in [0.05, 0.1) is 6.10 Å². The number of hydrogen-bond acceptors (Lipinski definition) is 3. The van der Waals surface area contributed by atoms with Crippen LogP contribution in [0, 0.1) is 5.82 Å². The molecule has 1 aliphatic rings. The minimum absolute atomic E-state index is 0.161. The van der Waals surface area contributed by atoms with Gasteiger partial charge >= 0.3 is 0 Å². The van der Waals surface area contributed by atoms with E-state index in [0.717, 1.165) is 44.5 Å². The number of aliphatic hydroxyl groups is 1. The summed E-state index contributed by atoms with van der Waals surface area (Å²) in [5.41, 5.74) is 2.11. The Balaban J connectivity index is 1.58. The second kappa shape index (κ2) is 8.23. The van der Waals surface area contributed by atoms with Crippen LogP contribution in [0.2, 0.25) is 0 Å². The molecular weight excluding hydrogens is 319 g/mol. The van der Waals surface area contributed by atoms with E-state index in [-0.39, 0.29) is 17.8 Å². The van der Waals surface area contributed by atoms with E-state index in [1.54, 1.807) is 18.2 Å². The zero-order chi connectivity index (χ0) is 17.6. The summed E-state index contributed by atoms with van der Waals surface area (Å²) in [6.07, 6.45) is 2.36. The van der Waals surface area contributed by atoms with Crippen molar-refractivity contribution in [3.63, 3.8) is 0 Å². The molecule has 0 spiro atoms. The van der Waals surface area contributed by atoms with Crippen LogP contribution in [0.25, 0.3) is 0 Å². The first-order valence-corrected chi connectivity index (χ1v) is 8.66. The van der Waals surface area contributed by atoms with Crippen molar-refractivity contribution >= 4 is 11.6 Å². The van der Waals surface area contributed by atoms with Gasteiger partial charge in [-0.2, -0.15) is 0 Å². The molecule has 5 heteroatoms. The molecule has 2 aromatic carbocycles. The van der Waals surface area contributed by atoms with Crippen LogP contribution < -0.4 is 5.32 Å². The van der Waals surface area contributed by atoms with Gasteiger partial charge in [0.15, 0.2) is 0 Å². The molecule has 0 radical (unpaired) electrons. The first kappa shape index (κ1) is 17.6. The molecule has 1 saturated heterocycles. The number of piperidine rings is 1. The number of carbonyl (C=O) groups is 1. The SMILES string of the molecule is O=C(Nc1cccc(F)c1)c1cccc(CCN2CCC(O)CC2)c1. The van der Waals surface area contributed by atoms with Crippen LogP contribution in [-0.4, -0.2) is 41.7 Å². The van der Waals surface area contributed by atoms with E-state index in [1.165, 1.54) is 12.1 Å². The summed E-state index contributed by atoms with van der Waals surface area (Å²) in [4.78, 5) is 14.7. The maximum atomic E-state index is 13.2. The van der Waals surface area contributed by atoms with Crippen molar-refractivity contribution in [3.8, 4) is 0 Å². The summed E-state index contributed by atoms with van der Waals surface area (Å²) in [5, 5.41) is 12.3. The van der Waals surface area contributed by atoms with Crippen LogP contribution in [0.15, 0.2) is 48.5 Å². The first-order chi connectivity index (χ1) is 12.1. The van der Waals surface area contributed by atoms with E-state index in [0.29, 0.717) is 11.3 Å². The molecule has 0 unspecified atom stereocenters. The fourth-order valence-electron chi connectivity index (χ4n) is 3.07. The lowest BCUT2D eigenvalue weighted by Crippen LogP contribution is -2.37. The highest BCUT2D eigenvalue weighted by atomic mass is 19.1. The third-order valence-electron chi connectivity index (χ3n) is 4.55. The van der Waals surface area contributed by atoms with E-state index in [9.17, 15) is 14.3 Å². The van der Waals surface area contributed by atoms with Gasteiger partial charge in [0, 0.05) is 30.9 Å². The number of likely N-dealkylation sites (tertiary alicyclic amines) is 1. The monoisotopic (exact) mass is 342 g/mol. The van der Waals surface area contributed by atoms with Crippen molar-refractivity contribution in [1.82, 2.24) is 4.90 Å². The molecule has 0 aliphatic carbocycles. The van der Waals surface area contributed by atoms with Crippen molar-refractivity contribution in [1.29, 1.82) is 0 Å². The Kier molecular flexibility index (Phi) is 5.79. The summed E-state index contributed by atoms with van der Waals surface area (Å²) in [6.45, 7) is 2.75.